The lowest BCUT2D eigenvalue weighted by molar-refractivity contribution is -0.123. The number of carbonyl (C=O) groups excluding carboxylic acids is 1. The van der Waals surface area contributed by atoms with Crippen molar-refractivity contribution in [2.24, 2.45) is 0 Å². The Morgan fingerprint density at radius 3 is 0.982 bits per heavy atom. The second-order valence-electron chi connectivity index (χ2n) is 17.9. The standard InChI is InChI=1S/C52H103NO3/c1-3-5-7-9-11-13-15-17-19-20-21-22-23-24-25-26-27-28-29-30-31-32-34-36-38-40-42-44-46-48-52(56)53-50(49-54)51(55)47-45-43-41-39-37-35-33-18-16-14-12-10-8-6-4-2/h20-21,50-51,54-55H,3-19,22-49H2,1-2H3,(H,53,56)/b21-20-. The number of allylic oxidation sites excluding steroid dienone is 2. The molecule has 0 aromatic carbocycles. The van der Waals surface area contributed by atoms with Gasteiger partial charge in [-0.3, -0.25) is 4.79 Å². The lowest BCUT2D eigenvalue weighted by Crippen LogP contribution is -2.45. The molecule has 3 N–H and O–H groups in total. The summed E-state index contributed by atoms with van der Waals surface area (Å²) in [6.07, 6.45) is 61.8. The maximum atomic E-state index is 12.4. The van der Waals surface area contributed by atoms with Gasteiger partial charge in [-0.1, -0.05) is 264 Å². The van der Waals surface area contributed by atoms with Crippen LogP contribution < -0.4 is 5.32 Å². The highest BCUT2D eigenvalue weighted by atomic mass is 16.3. The number of carbonyl (C=O) groups is 1. The highest BCUT2D eigenvalue weighted by Crippen LogP contribution is 2.17. The van der Waals surface area contributed by atoms with Crippen LogP contribution in [0.25, 0.3) is 0 Å². The van der Waals surface area contributed by atoms with Gasteiger partial charge in [0, 0.05) is 6.42 Å². The molecule has 0 saturated heterocycles. The first-order valence-corrected chi connectivity index (χ1v) is 25.9. The minimum atomic E-state index is -0.655. The van der Waals surface area contributed by atoms with Crippen molar-refractivity contribution in [3.63, 3.8) is 0 Å². The molecule has 0 rings (SSSR count). The Balaban J connectivity index is 3.41. The molecule has 4 heteroatoms. The smallest absolute Gasteiger partial charge is 0.220 e. The number of hydrogen-bond acceptors (Lipinski definition) is 3. The Hall–Kier alpha value is -0.870. The molecule has 334 valence electrons. The van der Waals surface area contributed by atoms with Gasteiger partial charge < -0.3 is 15.5 Å². The molecule has 0 aromatic rings. The Morgan fingerprint density at radius 1 is 0.411 bits per heavy atom. The normalized spacial score (nSPS) is 12.9. The summed E-state index contributed by atoms with van der Waals surface area (Å²) in [5.74, 6) is -0.0257. The number of unbranched alkanes of at least 4 members (excludes halogenated alkanes) is 39. The molecular formula is C52H103NO3. The molecule has 0 aliphatic carbocycles. The summed E-state index contributed by atoms with van der Waals surface area (Å²) in [4.78, 5) is 12.4. The van der Waals surface area contributed by atoms with Gasteiger partial charge in [0.1, 0.15) is 0 Å². The van der Waals surface area contributed by atoms with Crippen LogP contribution in [-0.2, 0) is 4.79 Å². The van der Waals surface area contributed by atoms with E-state index in [4.69, 9.17) is 0 Å². The summed E-state index contributed by atoms with van der Waals surface area (Å²) in [6.45, 7) is 4.38. The average Bonchev–Trinajstić information content (AvgIpc) is 3.20. The van der Waals surface area contributed by atoms with E-state index in [2.05, 4.69) is 31.3 Å². The van der Waals surface area contributed by atoms with E-state index in [0.29, 0.717) is 12.8 Å². The molecule has 0 aliphatic rings. The van der Waals surface area contributed by atoms with Crippen LogP contribution in [0.1, 0.15) is 296 Å². The van der Waals surface area contributed by atoms with Crippen molar-refractivity contribution in [2.45, 2.75) is 309 Å². The SMILES string of the molecule is CCCCCCCCCC/C=C\CCCCCCCCCCCCCCCCCCCC(=O)NC(CO)C(O)CCCCCCCCCCCCCCCCC. The minimum Gasteiger partial charge on any atom is -0.394 e. The quantitative estimate of drug-likeness (QED) is 0.0425. The lowest BCUT2D eigenvalue weighted by Gasteiger charge is -2.22. The zero-order valence-corrected chi connectivity index (χ0v) is 38.4. The van der Waals surface area contributed by atoms with Gasteiger partial charge in [-0.2, -0.15) is 0 Å². The minimum absolute atomic E-state index is 0.0257. The van der Waals surface area contributed by atoms with Crippen LogP contribution in [0, 0.1) is 0 Å². The van der Waals surface area contributed by atoms with Gasteiger partial charge in [0.2, 0.25) is 5.91 Å². The van der Waals surface area contributed by atoms with Crippen LogP contribution in [0.2, 0.25) is 0 Å². The van der Waals surface area contributed by atoms with Crippen molar-refractivity contribution in [2.75, 3.05) is 6.61 Å². The van der Waals surface area contributed by atoms with Gasteiger partial charge >= 0.3 is 0 Å². The Kier molecular flexibility index (Phi) is 47.7. The predicted octanol–water partition coefficient (Wildman–Crippen LogP) is 16.6. The van der Waals surface area contributed by atoms with Crippen molar-refractivity contribution in [1.29, 1.82) is 0 Å². The van der Waals surface area contributed by atoms with Crippen LogP contribution in [0.5, 0.6) is 0 Å². The summed E-state index contributed by atoms with van der Waals surface area (Å²) in [5.41, 5.74) is 0. The molecular weight excluding hydrogens is 687 g/mol. The summed E-state index contributed by atoms with van der Waals surface area (Å²) in [6, 6.07) is -0.532. The summed E-state index contributed by atoms with van der Waals surface area (Å²) in [7, 11) is 0. The number of rotatable bonds is 48. The van der Waals surface area contributed by atoms with Crippen LogP contribution in [0.3, 0.4) is 0 Å². The van der Waals surface area contributed by atoms with Crippen LogP contribution in [0.15, 0.2) is 12.2 Å². The molecule has 0 heterocycles. The Bertz CT molecular complexity index is 769. The number of nitrogens with one attached hydrogen (secondary N) is 1. The molecule has 0 radical (unpaired) electrons. The zero-order chi connectivity index (χ0) is 40.7. The van der Waals surface area contributed by atoms with E-state index < -0.39 is 12.1 Å². The van der Waals surface area contributed by atoms with Crippen molar-refractivity contribution < 1.29 is 15.0 Å². The van der Waals surface area contributed by atoms with Gasteiger partial charge in [0.05, 0.1) is 18.8 Å². The van der Waals surface area contributed by atoms with E-state index in [1.165, 1.54) is 244 Å². The Morgan fingerprint density at radius 2 is 0.679 bits per heavy atom. The summed E-state index contributed by atoms with van der Waals surface area (Å²) < 4.78 is 0. The molecule has 2 atom stereocenters. The largest absolute Gasteiger partial charge is 0.394 e. The molecule has 0 aromatic heterocycles. The maximum absolute atomic E-state index is 12.4. The fourth-order valence-corrected chi connectivity index (χ4v) is 8.30. The van der Waals surface area contributed by atoms with Crippen molar-refractivity contribution in [3.8, 4) is 0 Å². The fraction of sp³-hybridized carbons (Fsp3) is 0.942. The van der Waals surface area contributed by atoms with Gasteiger partial charge in [-0.15, -0.1) is 0 Å². The van der Waals surface area contributed by atoms with Crippen LogP contribution in [0.4, 0.5) is 0 Å². The van der Waals surface area contributed by atoms with Crippen LogP contribution >= 0.6 is 0 Å². The number of amides is 1. The summed E-state index contributed by atoms with van der Waals surface area (Å²) >= 11 is 0. The second kappa shape index (κ2) is 48.5. The molecule has 0 fully saturated rings. The molecule has 0 saturated carbocycles. The molecule has 0 bridgehead atoms. The molecule has 0 spiro atoms. The van der Waals surface area contributed by atoms with Crippen LogP contribution in [-0.4, -0.2) is 34.9 Å². The van der Waals surface area contributed by atoms with Gasteiger partial charge in [0.15, 0.2) is 0 Å². The first kappa shape index (κ1) is 55.1. The topological polar surface area (TPSA) is 69.6 Å². The average molecular weight is 790 g/mol. The third kappa shape index (κ3) is 44.2. The highest BCUT2D eigenvalue weighted by molar-refractivity contribution is 5.76. The van der Waals surface area contributed by atoms with Gasteiger partial charge in [-0.25, -0.2) is 0 Å². The molecule has 0 aliphatic heterocycles. The lowest BCUT2D eigenvalue weighted by atomic mass is 10.0. The Labute approximate surface area is 352 Å². The van der Waals surface area contributed by atoms with Gasteiger partial charge in [-0.05, 0) is 38.5 Å². The van der Waals surface area contributed by atoms with E-state index in [0.717, 1.165) is 25.7 Å². The number of aliphatic hydroxyl groups excluding tert-OH is 2. The van der Waals surface area contributed by atoms with E-state index in [9.17, 15) is 15.0 Å². The molecule has 2 unspecified atom stereocenters. The van der Waals surface area contributed by atoms with Gasteiger partial charge in [0.25, 0.3) is 0 Å². The van der Waals surface area contributed by atoms with E-state index in [-0.39, 0.29) is 12.5 Å². The second-order valence-corrected chi connectivity index (χ2v) is 17.9. The first-order valence-electron chi connectivity index (χ1n) is 25.9. The highest BCUT2D eigenvalue weighted by Gasteiger charge is 2.20. The molecule has 1 amide bonds. The van der Waals surface area contributed by atoms with Crippen molar-refractivity contribution in [3.05, 3.63) is 12.2 Å². The zero-order valence-electron chi connectivity index (χ0n) is 38.4. The first-order chi connectivity index (χ1) is 27.7. The molecule has 4 nitrogen and oxygen atoms in total. The fourth-order valence-electron chi connectivity index (χ4n) is 8.30. The van der Waals surface area contributed by atoms with E-state index in [1.54, 1.807) is 0 Å². The third-order valence-electron chi connectivity index (χ3n) is 12.3. The van der Waals surface area contributed by atoms with Crippen molar-refractivity contribution >= 4 is 5.91 Å². The monoisotopic (exact) mass is 790 g/mol. The molecule has 56 heavy (non-hydrogen) atoms. The number of aliphatic hydroxyl groups is 2. The maximum Gasteiger partial charge on any atom is 0.220 e. The third-order valence-corrected chi connectivity index (χ3v) is 12.3. The number of hydrogen-bond donors (Lipinski definition) is 3. The predicted molar refractivity (Wildman–Crippen MR) is 249 cm³/mol. The summed E-state index contributed by atoms with van der Waals surface area (Å²) in [5, 5.41) is 23.2. The van der Waals surface area contributed by atoms with E-state index in [1.807, 2.05) is 0 Å². The van der Waals surface area contributed by atoms with Crippen molar-refractivity contribution in [1.82, 2.24) is 5.32 Å². The van der Waals surface area contributed by atoms with E-state index >= 15 is 0 Å².